The minimum absolute atomic E-state index is 0.0682. The number of aliphatic carboxylic acids is 1. The van der Waals surface area contributed by atoms with Crippen LogP contribution >= 0.6 is 0 Å². The van der Waals surface area contributed by atoms with Crippen molar-refractivity contribution in [3.63, 3.8) is 0 Å². The van der Waals surface area contributed by atoms with Gasteiger partial charge < -0.3 is 5.11 Å². The van der Waals surface area contributed by atoms with Gasteiger partial charge in [-0.2, -0.15) is 0 Å². The Morgan fingerprint density at radius 1 is 1.29 bits per heavy atom. The molecule has 1 rings (SSSR count). The van der Waals surface area contributed by atoms with Crippen LogP contribution in [0.3, 0.4) is 0 Å². The Morgan fingerprint density at radius 3 is 2.57 bits per heavy atom. The Kier molecular flexibility index (Phi) is 3.40. The van der Waals surface area contributed by atoms with Crippen LogP contribution in [0.5, 0.6) is 0 Å². The highest BCUT2D eigenvalue weighted by Gasteiger charge is 2.07. The summed E-state index contributed by atoms with van der Waals surface area (Å²) in [6.45, 7) is 1.90. The van der Waals surface area contributed by atoms with Crippen molar-refractivity contribution in [2.75, 3.05) is 0 Å². The molecule has 0 radical (unpaired) electrons. The van der Waals surface area contributed by atoms with Gasteiger partial charge in [0.05, 0.1) is 6.42 Å². The summed E-state index contributed by atoms with van der Waals surface area (Å²) in [6, 6.07) is 7.17. The number of Topliss-reactive ketones (excluding diaryl/α,β-unsaturated/α-hetero) is 1. The molecule has 0 unspecified atom stereocenters. The molecule has 0 fully saturated rings. The van der Waals surface area contributed by atoms with Crippen LogP contribution in [0.4, 0.5) is 0 Å². The Balaban J connectivity index is 2.65. The molecule has 0 bridgehead atoms. The molecule has 0 heterocycles. The summed E-state index contributed by atoms with van der Waals surface area (Å²) in [5.74, 6) is -1.05. The fourth-order valence-electron chi connectivity index (χ4n) is 1.18. The molecule has 0 aromatic heterocycles. The molecule has 0 saturated heterocycles. The van der Waals surface area contributed by atoms with Crippen LogP contribution in [0.25, 0.3) is 0 Å². The third kappa shape index (κ3) is 3.01. The van der Waals surface area contributed by atoms with E-state index in [1.807, 2.05) is 13.0 Å². The van der Waals surface area contributed by atoms with Crippen molar-refractivity contribution in [1.82, 2.24) is 0 Å². The van der Waals surface area contributed by atoms with Crippen LogP contribution in [0.1, 0.15) is 28.8 Å². The lowest BCUT2D eigenvalue weighted by molar-refractivity contribution is -0.136. The van der Waals surface area contributed by atoms with Crippen LogP contribution in [0.15, 0.2) is 24.3 Å². The van der Waals surface area contributed by atoms with Crippen LogP contribution in [-0.2, 0) is 4.79 Å². The second-order valence-electron chi connectivity index (χ2n) is 3.19. The molecule has 0 amide bonds. The molecular formula is C11H12O3. The molecule has 0 saturated carbocycles. The molecule has 0 spiro atoms. The van der Waals surface area contributed by atoms with Gasteiger partial charge in [-0.15, -0.1) is 0 Å². The maximum atomic E-state index is 11.4. The number of carboxylic acid groups (broad SMARTS) is 1. The summed E-state index contributed by atoms with van der Waals surface area (Å²) >= 11 is 0. The van der Waals surface area contributed by atoms with Gasteiger partial charge in [0, 0.05) is 12.0 Å². The summed E-state index contributed by atoms with van der Waals surface area (Å²) in [5.41, 5.74) is 1.59. The van der Waals surface area contributed by atoms with Crippen molar-refractivity contribution in [3.8, 4) is 0 Å². The summed E-state index contributed by atoms with van der Waals surface area (Å²) < 4.78 is 0. The van der Waals surface area contributed by atoms with E-state index in [1.165, 1.54) is 0 Å². The zero-order valence-electron chi connectivity index (χ0n) is 7.99. The number of carbonyl (C=O) groups excluding carboxylic acids is 1. The first-order valence-corrected chi connectivity index (χ1v) is 4.41. The number of rotatable bonds is 4. The quantitative estimate of drug-likeness (QED) is 0.743. The molecule has 3 nitrogen and oxygen atoms in total. The minimum atomic E-state index is -0.939. The molecular weight excluding hydrogens is 180 g/mol. The molecule has 0 aliphatic rings. The molecule has 0 atom stereocenters. The molecule has 0 aliphatic carbocycles. The zero-order valence-corrected chi connectivity index (χ0v) is 7.99. The van der Waals surface area contributed by atoms with Gasteiger partial charge in [0.15, 0.2) is 5.78 Å². The highest BCUT2D eigenvalue weighted by molar-refractivity contribution is 5.97. The normalized spacial score (nSPS) is 9.79. The number of hydrogen-bond acceptors (Lipinski definition) is 2. The standard InChI is InChI=1S/C11H12O3/c1-8-3-2-4-9(7-8)10(12)5-6-11(13)14/h2-4,7H,5-6H2,1H3,(H,13,14). The third-order valence-corrected chi connectivity index (χ3v) is 1.91. The van der Waals surface area contributed by atoms with Gasteiger partial charge in [-0.25, -0.2) is 0 Å². The maximum Gasteiger partial charge on any atom is 0.303 e. The highest BCUT2D eigenvalue weighted by atomic mass is 16.4. The number of ketones is 1. The van der Waals surface area contributed by atoms with Crippen LogP contribution in [0.2, 0.25) is 0 Å². The van der Waals surface area contributed by atoms with Crippen LogP contribution < -0.4 is 0 Å². The van der Waals surface area contributed by atoms with E-state index in [1.54, 1.807) is 18.2 Å². The van der Waals surface area contributed by atoms with E-state index >= 15 is 0 Å². The Bertz CT molecular complexity index is 355. The predicted octanol–water partition coefficient (Wildman–Crippen LogP) is 2.04. The number of hydrogen-bond donors (Lipinski definition) is 1. The number of benzene rings is 1. The number of carboxylic acids is 1. The SMILES string of the molecule is Cc1cccc(C(=O)CCC(=O)O)c1. The lowest BCUT2D eigenvalue weighted by Gasteiger charge is -1.99. The average molecular weight is 192 g/mol. The van der Waals surface area contributed by atoms with Crippen molar-refractivity contribution in [2.45, 2.75) is 19.8 Å². The van der Waals surface area contributed by atoms with E-state index in [2.05, 4.69) is 0 Å². The summed E-state index contributed by atoms with van der Waals surface area (Å²) in [5, 5.41) is 8.41. The van der Waals surface area contributed by atoms with E-state index in [9.17, 15) is 9.59 Å². The van der Waals surface area contributed by atoms with E-state index in [0.29, 0.717) is 5.56 Å². The second-order valence-corrected chi connectivity index (χ2v) is 3.19. The minimum Gasteiger partial charge on any atom is -0.481 e. The molecule has 0 aliphatic heterocycles. The van der Waals surface area contributed by atoms with Crippen molar-refractivity contribution in [3.05, 3.63) is 35.4 Å². The van der Waals surface area contributed by atoms with Crippen LogP contribution in [-0.4, -0.2) is 16.9 Å². The fraction of sp³-hybridized carbons (Fsp3) is 0.273. The van der Waals surface area contributed by atoms with E-state index < -0.39 is 5.97 Å². The molecule has 1 N–H and O–H groups in total. The van der Waals surface area contributed by atoms with Gasteiger partial charge in [-0.05, 0) is 13.0 Å². The summed E-state index contributed by atoms with van der Waals surface area (Å²) in [7, 11) is 0. The van der Waals surface area contributed by atoms with Crippen molar-refractivity contribution in [1.29, 1.82) is 0 Å². The van der Waals surface area contributed by atoms with E-state index in [-0.39, 0.29) is 18.6 Å². The molecule has 1 aromatic carbocycles. The topological polar surface area (TPSA) is 54.4 Å². The average Bonchev–Trinajstić information content (AvgIpc) is 2.14. The second kappa shape index (κ2) is 4.56. The summed E-state index contributed by atoms with van der Waals surface area (Å²) in [6.07, 6.45) is -0.0361. The smallest absolute Gasteiger partial charge is 0.303 e. The molecule has 3 heteroatoms. The molecule has 1 aromatic rings. The predicted molar refractivity (Wildman–Crippen MR) is 52.4 cm³/mol. The number of aryl methyl sites for hydroxylation is 1. The van der Waals surface area contributed by atoms with Crippen LogP contribution in [0, 0.1) is 6.92 Å². The summed E-state index contributed by atoms with van der Waals surface area (Å²) in [4.78, 5) is 21.7. The molecule has 14 heavy (non-hydrogen) atoms. The number of carbonyl (C=O) groups is 2. The largest absolute Gasteiger partial charge is 0.481 e. The van der Waals surface area contributed by atoms with Gasteiger partial charge in [-0.1, -0.05) is 23.8 Å². The van der Waals surface area contributed by atoms with Crippen molar-refractivity contribution < 1.29 is 14.7 Å². The third-order valence-electron chi connectivity index (χ3n) is 1.91. The highest BCUT2D eigenvalue weighted by Crippen LogP contribution is 2.08. The lowest BCUT2D eigenvalue weighted by Crippen LogP contribution is -2.03. The monoisotopic (exact) mass is 192 g/mol. The van der Waals surface area contributed by atoms with Gasteiger partial charge in [0.1, 0.15) is 0 Å². The first-order valence-electron chi connectivity index (χ1n) is 4.41. The van der Waals surface area contributed by atoms with Crippen molar-refractivity contribution >= 4 is 11.8 Å². The Morgan fingerprint density at radius 2 is 2.00 bits per heavy atom. The van der Waals surface area contributed by atoms with Gasteiger partial charge in [0.25, 0.3) is 0 Å². The first-order chi connectivity index (χ1) is 6.59. The Labute approximate surface area is 82.4 Å². The van der Waals surface area contributed by atoms with Gasteiger partial charge in [0.2, 0.25) is 0 Å². The Hall–Kier alpha value is -1.64. The van der Waals surface area contributed by atoms with Gasteiger partial charge >= 0.3 is 5.97 Å². The van der Waals surface area contributed by atoms with E-state index in [0.717, 1.165) is 5.56 Å². The fourth-order valence-corrected chi connectivity index (χ4v) is 1.18. The first kappa shape index (κ1) is 10.4. The lowest BCUT2D eigenvalue weighted by atomic mass is 10.0. The van der Waals surface area contributed by atoms with Gasteiger partial charge in [-0.3, -0.25) is 9.59 Å². The van der Waals surface area contributed by atoms with E-state index in [4.69, 9.17) is 5.11 Å². The molecule has 74 valence electrons. The zero-order chi connectivity index (χ0) is 10.6. The van der Waals surface area contributed by atoms with Crippen molar-refractivity contribution in [2.24, 2.45) is 0 Å². The maximum absolute atomic E-state index is 11.4.